The van der Waals surface area contributed by atoms with Gasteiger partial charge in [0.1, 0.15) is 11.6 Å². The molecule has 7 nitrogen and oxygen atoms in total. The minimum absolute atomic E-state index is 0.0207. The van der Waals surface area contributed by atoms with Crippen molar-refractivity contribution in [3.05, 3.63) is 57.3 Å². The van der Waals surface area contributed by atoms with Crippen LogP contribution in [0.15, 0.2) is 35.4 Å². The Bertz CT molecular complexity index is 948. The molecule has 0 radical (unpaired) electrons. The number of urea groups is 1. The largest absolute Gasteiger partial charge is 0.354 e. The Kier molecular flexibility index (Phi) is 5.71. The first-order valence-electron chi connectivity index (χ1n) is 9.81. The third-order valence-electron chi connectivity index (χ3n) is 5.40. The Balaban J connectivity index is 1.44. The Morgan fingerprint density at radius 2 is 2.14 bits per heavy atom. The number of aromatic amines is 1. The number of aromatic nitrogens is 2. The van der Waals surface area contributed by atoms with E-state index in [1.165, 1.54) is 18.5 Å². The zero-order valence-corrected chi connectivity index (χ0v) is 16.7. The Morgan fingerprint density at radius 3 is 2.86 bits per heavy atom. The van der Waals surface area contributed by atoms with Crippen LogP contribution in [0.5, 0.6) is 0 Å². The molecular weight excluding hydrogens is 397 g/mol. The normalized spacial score (nSPS) is 19.1. The molecular formula is C20H23ClFN5O2. The maximum absolute atomic E-state index is 14.0. The highest BCUT2D eigenvalue weighted by Gasteiger charge is 2.39. The van der Waals surface area contributed by atoms with Crippen molar-refractivity contribution >= 4 is 23.4 Å². The van der Waals surface area contributed by atoms with Crippen LogP contribution < -0.4 is 15.8 Å². The molecule has 4 rings (SSSR count). The fourth-order valence-corrected chi connectivity index (χ4v) is 3.99. The van der Waals surface area contributed by atoms with Gasteiger partial charge in [-0.15, -0.1) is 0 Å². The fourth-order valence-electron chi connectivity index (χ4n) is 3.83. The lowest BCUT2D eigenvalue weighted by atomic mass is 10.0. The van der Waals surface area contributed by atoms with E-state index < -0.39 is 5.82 Å². The quantitative estimate of drug-likeness (QED) is 0.780. The molecule has 1 saturated carbocycles. The van der Waals surface area contributed by atoms with Crippen molar-refractivity contribution in [2.24, 2.45) is 0 Å². The Morgan fingerprint density at radius 1 is 1.31 bits per heavy atom. The summed E-state index contributed by atoms with van der Waals surface area (Å²) < 4.78 is 14.0. The van der Waals surface area contributed by atoms with Gasteiger partial charge in [-0.25, -0.2) is 14.2 Å². The van der Waals surface area contributed by atoms with Crippen LogP contribution >= 0.6 is 11.6 Å². The molecule has 1 aromatic heterocycles. The summed E-state index contributed by atoms with van der Waals surface area (Å²) in [6.07, 6.45) is 5.14. The molecule has 154 valence electrons. The van der Waals surface area contributed by atoms with E-state index in [1.54, 1.807) is 12.1 Å². The van der Waals surface area contributed by atoms with E-state index in [4.69, 9.17) is 11.6 Å². The van der Waals surface area contributed by atoms with Gasteiger partial charge in [0.2, 0.25) is 0 Å². The maximum atomic E-state index is 14.0. The molecule has 2 fully saturated rings. The van der Waals surface area contributed by atoms with Crippen molar-refractivity contribution in [2.75, 3.05) is 18.0 Å². The van der Waals surface area contributed by atoms with Crippen molar-refractivity contribution in [1.29, 1.82) is 0 Å². The average molecular weight is 420 g/mol. The maximum Gasteiger partial charge on any atom is 0.318 e. The van der Waals surface area contributed by atoms with Gasteiger partial charge in [-0.05, 0) is 37.8 Å². The first kappa shape index (κ1) is 19.7. The van der Waals surface area contributed by atoms with Gasteiger partial charge in [-0.2, -0.15) is 0 Å². The van der Waals surface area contributed by atoms with Crippen molar-refractivity contribution in [1.82, 2.24) is 20.2 Å². The number of rotatable bonds is 5. The number of hydrogen-bond acceptors (Lipinski definition) is 4. The number of anilines is 1. The highest BCUT2D eigenvalue weighted by atomic mass is 35.5. The van der Waals surface area contributed by atoms with Crippen LogP contribution in [-0.2, 0) is 6.54 Å². The number of benzene rings is 1. The van der Waals surface area contributed by atoms with E-state index in [0.717, 1.165) is 32.2 Å². The predicted molar refractivity (Wildman–Crippen MR) is 109 cm³/mol. The number of amides is 2. The summed E-state index contributed by atoms with van der Waals surface area (Å²) in [5.74, 6) is 0.192. The van der Waals surface area contributed by atoms with Crippen LogP contribution in [0.25, 0.3) is 0 Å². The minimum atomic E-state index is -0.431. The lowest BCUT2D eigenvalue weighted by molar-refractivity contribution is 0.160. The van der Waals surface area contributed by atoms with Crippen molar-refractivity contribution in [3.8, 4) is 0 Å². The summed E-state index contributed by atoms with van der Waals surface area (Å²) >= 11 is 5.79. The molecule has 0 bridgehead atoms. The van der Waals surface area contributed by atoms with Gasteiger partial charge in [0.15, 0.2) is 0 Å². The highest BCUT2D eigenvalue weighted by molar-refractivity contribution is 6.30. The number of H-pyrrole nitrogens is 1. The number of halogens is 2. The average Bonchev–Trinajstić information content (AvgIpc) is 3.53. The van der Waals surface area contributed by atoms with E-state index in [0.29, 0.717) is 22.9 Å². The Hall–Kier alpha value is -2.61. The second kappa shape index (κ2) is 8.41. The van der Waals surface area contributed by atoms with Crippen molar-refractivity contribution < 1.29 is 9.18 Å². The number of nitrogens with one attached hydrogen (secondary N) is 2. The van der Waals surface area contributed by atoms with Gasteiger partial charge in [0.25, 0.3) is 5.56 Å². The summed E-state index contributed by atoms with van der Waals surface area (Å²) in [5.41, 5.74) is 0.204. The zero-order chi connectivity index (χ0) is 20.4. The lowest BCUT2D eigenvalue weighted by Crippen LogP contribution is -2.54. The molecule has 1 saturated heterocycles. The third kappa shape index (κ3) is 4.70. The van der Waals surface area contributed by atoms with Crippen LogP contribution in [0.4, 0.5) is 15.0 Å². The topological polar surface area (TPSA) is 81.3 Å². The van der Waals surface area contributed by atoms with Crippen LogP contribution in [0, 0.1) is 5.82 Å². The predicted octanol–water partition coefficient (Wildman–Crippen LogP) is 2.91. The van der Waals surface area contributed by atoms with Crippen molar-refractivity contribution in [3.63, 3.8) is 0 Å². The highest BCUT2D eigenvalue weighted by Crippen LogP contribution is 2.32. The monoisotopic (exact) mass is 419 g/mol. The second-order valence-electron chi connectivity index (χ2n) is 7.54. The first-order valence-corrected chi connectivity index (χ1v) is 10.2. The van der Waals surface area contributed by atoms with Gasteiger partial charge >= 0.3 is 6.03 Å². The standard InChI is InChI=1S/C20H23ClFN5O2/c21-14-4-3-13(17(22)8-14)10-23-20(29)27(15-5-6-15)16-2-1-7-26(11-16)18-9-19(28)25-12-24-18/h3-4,8-9,12,15-16H,1-2,5-7,10-11H2,(H,23,29)(H,24,25,28)/t16-/m1/s1. The molecule has 2 aromatic rings. The van der Waals surface area contributed by atoms with Gasteiger partial charge in [0, 0.05) is 42.3 Å². The molecule has 1 aromatic carbocycles. The van der Waals surface area contributed by atoms with E-state index in [1.807, 2.05) is 9.80 Å². The molecule has 0 spiro atoms. The Labute approximate surface area is 172 Å². The third-order valence-corrected chi connectivity index (χ3v) is 5.63. The van der Waals surface area contributed by atoms with Gasteiger partial charge in [-0.1, -0.05) is 17.7 Å². The summed E-state index contributed by atoms with van der Waals surface area (Å²) in [6, 6.07) is 5.96. The van der Waals surface area contributed by atoms with Gasteiger partial charge < -0.3 is 20.1 Å². The van der Waals surface area contributed by atoms with E-state index in [9.17, 15) is 14.0 Å². The molecule has 0 unspecified atom stereocenters. The SMILES string of the molecule is O=C(NCc1ccc(Cl)cc1F)N(C1CC1)[C@@H]1CCCN(c2cc(=O)[nH]cn2)C1. The van der Waals surface area contributed by atoms with Gasteiger partial charge in [-0.3, -0.25) is 4.79 Å². The fraction of sp³-hybridized carbons (Fsp3) is 0.450. The van der Waals surface area contributed by atoms with E-state index in [2.05, 4.69) is 15.3 Å². The molecule has 2 N–H and O–H groups in total. The molecule has 1 atom stereocenters. The number of hydrogen-bond donors (Lipinski definition) is 2. The summed E-state index contributed by atoms with van der Waals surface area (Å²) in [4.78, 5) is 35.3. The number of piperidine rings is 1. The molecule has 1 aliphatic heterocycles. The molecule has 29 heavy (non-hydrogen) atoms. The first-order chi connectivity index (χ1) is 14.0. The van der Waals surface area contributed by atoms with Crippen LogP contribution in [0.1, 0.15) is 31.2 Å². The molecule has 2 amide bonds. The van der Waals surface area contributed by atoms with Crippen LogP contribution in [0.2, 0.25) is 5.02 Å². The molecule has 2 aliphatic rings. The number of carbonyl (C=O) groups is 1. The lowest BCUT2D eigenvalue weighted by Gasteiger charge is -2.40. The summed E-state index contributed by atoms with van der Waals surface area (Å²) in [6.45, 7) is 1.52. The number of carbonyl (C=O) groups excluding carboxylic acids is 1. The van der Waals surface area contributed by atoms with E-state index >= 15 is 0 Å². The van der Waals surface area contributed by atoms with Crippen LogP contribution in [0.3, 0.4) is 0 Å². The summed E-state index contributed by atoms with van der Waals surface area (Å²) in [7, 11) is 0. The minimum Gasteiger partial charge on any atom is -0.354 e. The second-order valence-corrected chi connectivity index (χ2v) is 7.98. The molecule has 9 heteroatoms. The van der Waals surface area contributed by atoms with Crippen LogP contribution in [-0.4, -0.2) is 46.1 Å². The summed E-state index contributed by atoms with van der Waals surface area (Å²) in [5, 5.41) is 3.18. The molecule has 1 aliphatic carbocycles. The number of nitrogens with zero attached hydrogens (tertiary/aromatic N) is 3. The van der Waals surface area contributed by atoms with E-state index in [-0.39, 0.29) is 30.2 Å². The molecule has 2 heterocycles. The zero-order valence-electron chi connectivity index (χ0n) is 15.9. The smallest absolute Gasteiger partial charge is 0.318 e. The van der Waals surface area contributed by atoms with Crippen molar-refractivity contribution in [2.45, 2.75) is 44.3 Å². The van der Waals surface area contributed by atoms with Gasteiger partial charge in [0.05, 0.1) is 12.4 Å².